The number of fused-ring (bicyclic) bond motifs is 1. The van der Waals surface area contributed by atoms with Crippen LogP contribution in [0.4, 0.5) is 0 Å². The number of hydrogen-bond donors (Lipinski definition) is 0. The van der Waals surface area contributed by atoms with Crippen molar-refractivity contribution in [3.05, 3.63) is 84.9 Å². The third-order valence-electron chi connectivity index (χ3n) is 5.37. The lowest BCUT2D eigenvalue weighted by molar-refractivity contribution is 0.283. The standard InChI is InChI=1S/C27H28N2O3/c1-4-9-20-14-15-25(26(18-20)31-3)32-17-8-16-29-24-13-6-5-12-23(24)28-27(29)21-10-7-11-22(19-21)30-2/h4-7,10-15,18-19H,1,8-9,16-17H2,2-3H3. The predicted octanol–water partition coefficient (Wildman–Crippen LogP) is 5.92. The van der Waals surface area contributed by atoms with Crippen molar-refractivity contribution in [2.24, 2.45) is 0 Å². The highest BCUT2D eigenvalue weighted by Gasteiger charge is 2.13. The molecule has 0 aliphatic rings. The van der Waals surface area contributed by atoms with Crippen LogP contribution in [0.1, 0.15) is 12.0 Å². The number of aromatic nitrogens is 2. The minimum Gasteiger partial charge on any atom is -0.497 e. The number of nitrogens with zero attached hydrogens (tertiary/aromatic N) is 2. The number of para-hydroxylation sites is 2. The fourth-order valence-electron chi connectivity index (χ4n) is 3.81. The molecular formula is C27H28N2O3. The molecule has 1 aromatic heterocycles. The van der Waals surface area contributed by atoms with Gasteiger partial charge in [-0.25, -0.2) is 4.98 Å². The van der Waals surface area contributed by atoms with Crippen molar-refractivity contribution in [2.45, 2.75) is 19.4 Å². The first-order chi connectivity index (χ1) is 15.7. The molecule has 0 aliphatic carbocycles. The van der Waals surface area contributed by atoms with Crippen LogP contribution in [0.5, 0.6) is 17.2 Å². The summed E-state index contributed by atoms with van der Waals surface area (Å²) in [4.78, 5) is 4.89. The van der Waals surface area contributed by atoms with Crippen molar-refractivity contribution in [1.29, 1.82) is 0 Å². The molecule has 4 aromatic rings. The van der Waals surface area contributed by atoms with E-state index in [4.69, 9.17) is 19.2 Å². The molecule has 5 nitrogen and oxygen atoms in total. The second kappa shape index (κ2) is 10.1. The van der Waals surface area contributed by atoms with E-state index in [1.54, 1.807) is 14.2 Å². The molecule has 0 atom stereocenters. The summed E-state index contributed by atoms with van der Waals surface area (Å²) >= 11 is 0. The third kappa shape index (κ3) is 4.62. The summed E-state index contributed by atoms with van der Waals surface area (Å²) in [7, 11) is 3.34. The topological polar surface area (TPSA) is 45.5 Å². The number of benzene rings is 3. The minimum atomic E-state index is 0.571. The Morgan fingerprint density at radius 1 is 0.938 bits per heavy atom. The van der Waals surface area contributed by atoms with Crippen LogP contribution in [-0.4, -0.2) is 30.4 Å². The lowest BCUT2D eigenvalue weighted by atomic mass is 10.1. The second-order valence-electron chi connectivity index (χ2n) is 7.49. The highest BCUT2D eigenvalue weighted by molar-refractivity contribution is 5.80. The van der Waals surface area contributed by atoms with Crippen molar-refractivity contribution in [2.75, 3.05) is 20.8 Å². The van der Waals surface area contributed by atoms with E-state index in [9.17, 15) is 0 Å². The summed E-state index contributed by atoms with van der Waals surface area (Å²) in [6.07, 6.45) is 3.51. The van der Waals surface area contributed by atoms with E-state index in [0.717, 1.165) is 64.6 Å². The first-order valence-electron chi connectivity index (χ1n) is 10.7. The molecular weight excluding hydrogens is 400 g/mol. The molecule has 32 heavy (non-hydrogen) atoms. The molecule has 0 saturated carbocycles. The minimum absolute atomic E-state index is 0.571. The number of ether oxygens (including phenoxy) is 3. The van der Waals surface area contributed by atoms with Crippen LogP contribution in [0.2, 0.25) is 0 Å². The highest BCUT2D eigenvalue weighted by atomic mass is 16.5. The molecule has 0 fully saturated rings. The predicted molar refractivity (Wildman–Crippen MR) is 129 cm³/mol. The van der Waals surface area contributed by atoms with E-state index >= 15 is 0 Å². The summed E-state index contributed by atoms with van der Waals surface area (Å²) in [5, 5.41) is 0. The molecule has 0 unspecified atom stereocenters. The molecule has 5 heteroatoms. The molecule has 0 radical (unpaired) electrons. The van der Waals surface area contributed by atoms with E-state index < -0.39 is 0 Å². The zero-order valence-electron chi connectivity index (χ0n) is 18.6. The zero-order chi connectivity index (χ0) is 22.3. The van der Waals surface area contributed by atoms with Crippen molar-refractivity contribution >= 4 is 11.0 Å². The van der Waals surface area contributed by atoms with Gasteiger partial charge in [0.1, 0.15) is 11.6 Å². The van der Waals surface area contributed by atoms with Crippen molar-refractivity contribution in [1.82, 2.24) is 9.55 Å². The monoisotopic (exact) mass is 428 g/mol. The number of hydrogen-bond acceptors (Lipinski definition) is 4. The summed E-state index contributed by atoms with van der Waals surface area (Å²) < 4.78 is 19.2. The average Bonchev–Trinajstić information content (AvgIpc) is 3.21. The summed E-state index contributed by atoms with van der Waals surface area (Å²) in [5.41, 5.74) is 4.26. The van der Waals surface area contributed by atoms with Crippen LogP contribution in [-0.2, 0) is 13.0 Å². The molecule has 164 valence electrons. The Labute approximate surface area is 188 Å². The SMILES string of the molecule is C=CCc1ccc(OCCCn2c(-c3cccc(OC)c3)nc3ccccc32)c(OC)c1. The number of aryl methyl sites for hydroxylation is 1. The molecule has 0 N–H and O–H groups in total. The normalized spacial score (nSPS) is 10.8. The second-order valence-corrected chi connectivity index (χ2v) is 7.49. The average molecular weight is 429 g/mol. The largest absolute Gasteiger partial charge is 0.497 e. The summed E-state index contributed by atoms with van der Waals surface area (Å²) in [6, 6.07) is 22.2. The maximum absolute atomic E-state index is 6.05. The van der Waals surface area contributed by atoms with Crippen LogP contribution in [0, 0.1) is 0 Å². The van der Waals surface area contributed by atoms with Gasteiger partial charge in [-0.05, 0) is 54.8 Å². The fourth-order valence-corrected chi connectivity index (χ4v) is 3.81. The van der Waals surface area contributed by atoms with E-state index in [2.05, 4.69) is 23.3 Å². The van der Waals surface area contributed by atoms with Gasteiger partial charge >= 0.3 is 0 Å². The van der Waals surface area contributed by atoms with Gasteiger partial charge < -0.3 is 18.8 Å². The fraction of sp³-hybridized carbons (Fsp3) is 0.222. The Kier molecular flexibility index (Phi) is 6.75. The Bertz CT molecular complexity index is 1210. The summed E-state index contributed by atoms with van der Waals surface area (Å²) in [6.45, 7) is 5.14. The lowest BCUT2D eigenvalue weighted by Crippen LogP contribution is -2.07. The van der Waals surface area contributed by atoms with Gasteiger partial charge in [0, 0.05) is 12.1 Å². The number of allylic oxidation sites excluding steroid dienone is 1. The zero-order valence-corrected chi connectivity index (χ0v) is 18.6. The van der Waals surface area contributed by atoms with Gasteiger partial charge in [-0.15, -0.1) is 6.58 Å². The van der Waals surface area contributed by atoms with Gasteiger partial charge in [-0.3, -0.25) is 0 Å². The number of imidazole rings is 1. The molecule has 0 saturated heterocycles. The van der Waals surface area contributed by atoms with E-state index in [1.807, 2.05) is 60.7 Å². The molecule has 0 bridgehead atoms. The Morgan fingerprint density at radius 2 is 1.81 bits per heavy atom. The quantitative estimate of drug-likeness (QED) is 0.232. The number of methoxy groups -OCH3 is 2. The van der Waals surface area contributed by atoms with Crippen LogP contribution in [0.3, 0.4) is 0 Å². The molecule has 3 aromatic carbocycles. The number of rotatable bonds is 10. The maximum Gasteiger partial charge on any atom is 0.161 e. The lowest BCUT2D eigenvalue weighted by Gasteiger charge is -2.13. The maximum atomic E-state index is 6.05. The van der Waals surface area contributed by atoms with E-state index in [-0.39, 0.29) is 0 Å². The Morgan fingerprint density at radius 3 is 2.62 bits per heavy atom. The molecule has 1 heterocycles. The Hall–Kier alpha value is -3.73. The molecule has 0 spiro atoms. The van der Waals surface area contributed by atoms with Gasteiger partial charge in [0.15, 0.2) is 11.5 Å². The first kappa shape index (κ1) is 21.5. The van der Waals surface area contributed by atoms with E-state index in [0.29, 0.717) is 6.61 Å². The van der Waals surface area contributed by atoms with Gasteiger partial charge in [-0.2, -0.15) is 0 Å². The van der Waals surface area contributed by atoms with Crippen molar-refractivity contribution in [3.63, 3.8) is 0 Å². The van der Waals surface area contributed by atoms with Crippen molar-refractivity contribution in [3.8, 4) is 28.6 Å². The van der Waals surface area contributed by atoms with Crippen LogP contribution < -0.4 is 14.2 Å². The van der Waals surface area contributed by atoms with Gasteiger partial charge in [-0.1, -0.05) is 36.4 Å². The smallest absolute Gasteiger partial charge is 0.161 e. The van der Waals surface area contributed by atoms with Crippen molar-refractivity contribution < 1.29 is 14.2 Å². The van der Waals surface area contributed by atoms with Crippen LogP contribution in [0.15, 0.2) is 79.4 Å². The van der Waals surface area contributed by atoms with Crippen LogP contribution in [0.25, 0.3) is 22.4 Å². The van der Waals surface area contributed by atoms with E-state index in [1.165, 1.54) is 0 Å². The van der Waals surface area contributed by atoms with Gasteiger partial charge in [0.05, 0.1) is 31.9 Å². The third-order valence-corrected chi connectivity index (χ3v) is 5.37. The molecule has 0 aliphatic heterocycles. The van der Waals surface area contributed by atoms with Crippen LogP contribution >= 0.6 is 0 Å². The molecule has 0 amide bonds. The van der Waals surface area contributed by atoms with Gasteiger partial charge in [0.25, 0.3) is 0 Å². The van der Waals surface area contributed by atoms with Gasteiger partial charge in [0.2, 0.25) is 0 Å². The summed E-state index contributed by atoms with van der Waals surface area (Å²) in [5.74, 6) is 3.24. The highest BCUT2D eigenvalue weighted by Crippen LogP contribution is 2.30. The molecule has 4 rings (SSSR count). The Balaban J connectivity index is 1.52. The first-order valence-corrected chi connectivity index (χ1v) is 10.7.